The lowest BCUT2D eigenvalue weighted by Gasteiger charge is -2.16. The Hall–Kier alpha value is -0.890. The van der Waals surface area contributed by atoms with E-state index in [-0.39, 0.29) is 5.78 Å². The minimum Gasteiger partial charge on any atom is -0.384 e. The largest absolute Gasteiger partial charge is 0.384 e. The van der Waals surface area contributed by atoms with E-state index >= 15 is 0 Å². The van der Waals surface area contributed by atoms with Gasteiger partial charge in [-0.3, -0.25) is 4.79 Å². The molecule has 16 heavy (non-hydrogen) atoms. The summed E-state index contributed by atoms with van der Waals surface area (Å²) >= 11 is 0. The van der Waals surface area contributed by atoms with Crippen molar-refractivity contribution >= 4 is 5.78 Å². The maximum atomic E-state index is 12.0. The van der Waals surface area contributed by atoms with Gasteiger partial charge in [-0.05, 0) is 30.8 Å². The second-order valence-corrected chi connectivity index (χ2v) is 4.69. The Labute approximate surface area is 98.4 Å². The molecule has 0 aromatic heterocycles. The van der Waals surface area contributed by atoms with Crippen LogP contribution in [0.2, 0.25) is 0 Å². The van der Waals surface area contributed by atoms with E-state index in [0.717, 1.165) is 24.8 Å². The molecule has 0 unspecified atom stereocenters. The van der Waals surface area contributed by atoms with Crippen LogP contribution in [0.25, 0.3) is 0 Å². The first kappa shape index (κ1) is 13.2. The molecule has 0 atom stereocenters. The summed E-state index contributed by atoms with van der Waals surface area (Å²) in [6.07, 6.45) is 7.83. The number of hydrogen-bond acceptors (Lipinski definition) is 2. The predicted molar refractivity (Wildman–Crippen MR) is 66.4 cm³/mol. The molecule has 2 nitrogen and oxygen atoms in total. The molecule has 2 heteroatoms. The van der Waals surface area contributed by atoms with Crippen molar-refractivity contribution in [2.45, 2.75) is 39.5 Å². The molecule has 0 spiro atoms. The molecule has 1 aliphatic carbocycles. The van der Waals surface area contributed by atoms with Gasteiger partial charge in [-0.25, -0.2) is 0 Å². The number of ketones is 1. The van der Waals surface area contributed by atoms with Crippen molar-refractivity contribution < 1.29 is 9.53 Å². The average Bonchev–Trinajstić information content (AvgIpc) is 2.25. The van der Waals surface area contributed by atoms with Gasteiger partial charge in [0.05, 0.1) is 6.61 Å². The molecule has 0 fully saturated rings. The molecule has 0 N–H and O–H groups in total. The number of ether oxygens (including phenoxy) is 1. The number of hydrogen-bond donors (Lipinski definition) is 0. The Balaban J connectivity index is 2.65. The first-order valence-corrected chi connectivity index (χ1v) is 6.06. The van der Waals surface area contributed by atoms with Crippen LogP contribution in [-0.4, -0.2) is 19.5 Å². The monoisotopic (exact) mass is 222 g/mol. The third-order valence-electron chi connectivity index (χ3n) is 2.72. The Morgan fingerprint density at radius 2 is 2.06 bits per heavy atom. The topological polar surface area (TPSA) is 26.3 Å². The minimum atomic E-state index is 0.289. The molecule has 0 bridgehead atoms. The van der Waals surface area contributed by atoms with Gasteiger partial charge in [0.1, 0.15) is 0 Å². The van der Waals surface area contributed by atoms with Crippen molar-refractivity contribution in [2.75, 3.05) is 13.7 Å². The summed E-state index contributed by atoms with van der Waals surface area (Å²) in [6, 6.07) is 0. The summed E-state index contributed by atoms with van der Waals surface area (Å²) in [6.45, 7) is 4.86. The van der Waals surface area contributed by atoms with Crippen LogP contribution >= 0.6 is 0 Å². The van der Waals surface area contributed by atoms with Crippen LogP contribution in [-0.2, 0) is 9.53 Å². The molecule has 0 aliphatic heterocycles. The van der Waals surface area contributed by atoms with E-state index in [9.17, 15) is 4.79 Å². The van der Waals surface area contributed by atoms with Gasteiger partial charge in [-0.1, -0.05) is 26.0 Å². The highest BCUT2D eigenvalue weighted by Gasteiger charge is 2.17. The molecule has 1 aliphatic rings. The van der Waals surface area contributed by atoms with E-state index in [1.807, 2.05) is 0 Å². The standard InChI is InChI=1S/C14H22O2/c1-11(2)10-14(15)13-7-5-4-6-12(13)8-9-16-3/h6-7,11H,4-5,8-10H2,1-3H3. The smallest absolute Gasteiger partial charge is 0.163 e. The van der Waals surface area contributed by atoms with Gasteiger partial charge in [0.2, 0.25) is 0 Å². The third kappa shape index (κ3) is 3.93. The van der Waals surface area contributed by atoms with E-state index in [1.165, 1.54) is 5.57 Å². The predicted octanol–water partition coefficient (Wildman–Crippen LogP) is 3.28. The zero-order valence-corrected chi connectivity index (χ0v) is 10.6. The zero-order chi connectivity index (χ0) is 12.0. The molecule has 1 rings (SSSR count). The first-order valence-electron chi connectivity index (χ1n) is 6.06. The lowest BCUT2D eigenvalue weighted by atomic mass is 9.89. The average molecular weight is 222 g/mol. The summed E-state index contributed by atoms with van der Waals surface area (Å²) in [4.78, 5) is 12.0. The fraction of sp³-hybridized carbons (Fsp3) is 0.643. The lowest BCUT2D eigenvalue weighted by Crippen LogP contribution is -2.11. The van der Waals surface area contributed by atoms with E-state index in [4.69, 9.17) is 4.74 Å². The lowest BCUT2D eigenvalue weighted by molar-refractivity contribution is -0.116. The van der Waals surface area contributed by atoms with Crippen LogP contribution in [0, 0.1) is 5.92 Å². The summed E-state index contributed by atoms with van der Waals surface area (Å²) in [5, 5.41) is 0. The van der Waals surface area contributed by atoms with Gasteiger partial charge in [0.25, 0.3) is 0 Å². The van der Waals surface area contributed by atoms with Gasteiger partial charge in [-0.2, -0.15) is 0 Å². The van der Waals surface area contributed by atoms with Crippen molar-refractivity contribution in [1.29, 1.82) is 0 Å². The zero-order valence-electron chi connectivity index (χ0n) is 10.6. The fourth-order valence-electron chi connectivity index (χ4n) is 1.95. The molecule has 0 heterocycles. The molecule has 0 saturated carbocycles. The van der Waals surface area contributed by atoms with Crippen LogP contribution in [0.1, 0.15) is 39.5 Å². The maximum absolute atomic E-state index is 12.0. The summed E-state index contributed by atoms with van der Waals surface area (Å²) < 4.78 is 5.07. The van der Waals surface area contributed by atoms with E-state index in [1.54, 1.807) is 7.11 Å². The number of methoxy groups -OCH3 is 1. The first-order chi connectivity index (χ1) is 7.65. The number of rotatable bonds is 6. The summed E-state index contributed by atoms with van der Waals surface area (Å²) in [7, 11) is 1.70. The number of allylic oxidation sites excluding steroid dienone is 3. The second kappa shape index (κ2) is 6.64. The van der Waals surface area contributed by atoms with Crippen LogP contribution in [0.5, 0.6) is 0 Å². The molecule has 0 amide bonds. The Morgan fingerprint density at radius 3 is 2.69 bits per heavy atom. The van der Waals surface area contributed by atoms with E-state index in [0.29, 0.717) is 18.9 Å². The quantitative estimate of drug-likeness (QED) is 0.689. The van der Waals surface area contributed by atoms with Crippen molar-refractivity contribution in [3.05, 3.63) is 23.3 Å². The van der Waals surface area contributed by atoms with Crippen LogP contribution < -0.4 is 0 Å². The normalized spacial score (nSPS) is 16.0. The van der Waals surface area contributed by atoms with Gasteiger partial charge in [-0.15, -0.1) is 0 Å². The highest BCUT2D eigenvalue weighted by Crippen LogP contribution is 2.24. The molecule has 0 saturated heterocycles. The van der Waals surface area contributed by atoms with Crippen LogP contribution in [0.3, 0.4) is 0 Å². The summed E-state index contributed by atoms with van der Waals surface area (Å²) in [5.41, 5.74) is 2.12. The van der Waals surface area contributed by atoms with Crippen molar-refractivity contribution in [3.63, 3.8) is 0 Å². The van der Waals surface area contributed by atoms with Crippen LogP contribution in [0.15, 0.2) is 23.3 Å². The number of Topliss-reactive ketones (excluding diaryl/α,β-unsaturated/α-hetero) is 1. The molecule has 90 valence electrons. The highest BCUT2D eigenvalue weighted by atomic mass is 16.5. The van der Waals surface area contributed by atoms with E-state index < -0.39 is 0 Å². The minimum absolute atomic E-state index is 0.289. The molecule has 0 aromatic rings. The van der Waals surface area contributed by atoms with Crippen molar-refractivity contribution in [1.82, 2.24) is 0 Å². The van der Waals surface area contributed by atoms with Gasteiger partial charge < -0.3 is 4.74 Å². The Kier molecular flexibility index (Phi) is 5.47. The van der Waals surface area contributed by atoms with Crippen LogP contribution in [0.4, 0.5) is 0 Å². The number of carbonyl (C=O) groups is 1. The third-order valence-corrected chi connectivity index (χ3v) is 2.72. The molecular formula is C14H22O2. The molecule has 0 radical (unpaired) electrons. The van der Waals surface area contributed by atoms with Gasteiger partial charge in [0, 0.05) is 19.1 Å². The van der Waals surface area contributed by atoms with Gasteiger partial charge >= 0.3 is 0 Å². The molecule has 0 aromatic carbocycles. The van der Waals surface area contributed by atoms with Crippen molar-refractivity contribution in [2.24, 2.45) is 5.92 Å². The molecular weight excluding hydrogens is 200 g/mol. The summed E-state index contributed by atoms with van der Waals surface area (Å²) in [5.74, 6) is 0.719. The highest BCUT2D eigenvalue weighted by molar-refractivity contribution is 5.99. The Bertz CT molecular complexity index is 298. The number of carbonyl (C=O) groups excluding carboxylic acids is 1. The second-order valence-electron chi connectivity index (χ2n) is 4.69. The van der Waals surface area contributed by atoms with Gasteiger partial charge in [0.15, 0.2) is 5.78 Å². The van der Waals surface area contributed by atoms with E-state index in [2.05, 4.69) is 26.0 Å². The maximum Gasteiger partial charge on any atom is 0.163 e. The Morgan fingerprint density at radius 1 is 1.38 bits per heavy atom. The fourth-order valence-corrected chi connectivity index (χ4v) is 1.95. The SMILES string of the molecule is COCCC1=CCCC=C1C(=O)CC(C)C. The van der Waals surface area contributed by atoms with Crippen molar-refractivity contribution in [3.8, 4) is 0 Å².